The Morgan fingerprint density at radius 1 is 1.17 bits per heavy atom. The fourth-order valence-corrected chi connectivity index (χ4v) is 2.92. The number of hydrazone groups is 1. The van der Waals surface area contributed by atoms with Crippen LogP contribution in [0.5, 0.6) is 11.5 Å². The van der Waals surface area contributed by atoms with Gasteiger partial charge in [-0.3, -0.25) is 4.79 Å². The Bertz CT molecular complexity index is 718. The third-order valence-corrected chi connectivity index (χ3v) is 3.96. The maximum atomic E-state index is 11.7. The van der Waals surface area contributed by atoms with Gasteiger partial charge in [0.05, 0.1) is 17.3 Å². The summed E-state index contributed by atoms with van der Waals surface area (Å²) < 4.78 is 12.5. The number of hydrogen-bond donors (Lipinski definition) is 1. The topological polar surface area (TPSA) is 59.9 Å². The Balaban J connectivity index is 1.80. The van der Waals surface area contributed by atoms with Crippen molar-refractivity contribution in [2.45, 2.75) is 6.92 Å². The van der Waals surface area contributed by atoms with Crippen molar-refractivity contribution in [3.8, 4) is 11.5 Å². The van der Waals surface area contributed by atoms with Crippen molar-refractivity contribution in [2.75, 3.05) is 13.2 Å². The van der Waals surface area contributed by atoms with Crippen molar-refractivity contribution in [3.05, 3.63) is 57.0 Å². The summed E-state index contributed by atoms with van der Waals surface area (Å²) in [7, 11) is 0. The molecule has 0 aliphatic heterocycles. The van der Waals surface area contributed by atoms with E-state index >= 15 is 0 Å². The molecule has 1 amide bonds. The number of rotatable bonds is 7. The summed E-state index contributed by atoms with van der Waals surface area (Å²) >= 11 is 6.72. The molecule has 2 aromatic carbocycles. The first-order chi connectivity index (χ1) is 11.6. The Labute approximate surface area is 157 Å². The molecule has 7 heteroatoms. The average molecular weight is 456 g/mol. The van der Waals surface area contributed by atoms with Gasteiger partial charge in [-0.25, -0.2) is 5.43 Å². The molecule has 0 saturated carbocycles. The van der Waals surface area contributed by atoms with Crippen LogP contribution in [-0.2, 0) is 4.79 Å². The molecule has 1 N–H and O–H groups in total. The lowest BCUT2D eigenvalue weighted by atomic mass is 10.2. The van der Waals surface area contributed by atoms with E-state index in [0.717, 1.165) is 20.3 Å². The standard InChI is InChI=1S/C17H16Br2N2O3/c1-2-23-14-6-3-12(4-7-14)10-20-21-17(22)11-24-16-8-5-13(18)9-15(16)19/h3-10H,2,11H2,1H3,(H,21,22)/b20-10+. The van der Waals surface area contributed by atoms with Crippen molar-refractivity contribution in [3.63, 3.8) is 0 Å². The molecule has 0 atom stereocenters. The van der Waals surface area contributed by atoms with Gasteiger partial charge in [0.2, 0.25) is 0 Å². The lowest BCUT2D eigenvalue weighted by Gasteiger charge is -2.07. The summed E-state index contributed by atoms with van der Waals surface area (Å²) in [6, 6.07) is 12.9. The summed E-state index contributed by atoms with van der Waals surface area (Å²) in [5, 5.41) is 3.90. The highest BCUT2D eigenvalue weighted by Crippen LogP contribution is 2.28. The highest BCUT2D eigenvalue weighted by Gasteiger charge is 2.05. The van der Waals surface area contributed by atoms with Crippen LogP contribution in [0.4, 0.5) is 0 Å². The first-order valence-electron chi connectivity index (χ1n) is 7.21. The van der Waals surface area contributed by atoms with E-state index in [0.29, 0.717) is 12.4 Å². The van der Waals surface area contributed by atoms with Gasteiger partial charge >= 0.3 is 0 Å². The third kappa shape index (κ3) is 5.98. The van der Waals surface area contributed by atoms with Gasteiger partial charge in [0, 0.05) is 4.47 Å². The molecule has 0 bridgehead atoms. The Kier molecular flexibility index (Phi) is 7.27. The Morgan fingerprint density at radius 2 is 1.92 bits per heavy atom. The van der Waals surface area contributed by atoms with Crippen LogP contribution >= 0.6 is 31.9 Å². The van der Waals surface area contributed by atoms with Crippen LogP contribution in [0.3, 0.4) is 0 Å². The lowest BCUT2D eigenvalue weighted by Crippen LogP contribution is -2.24. The number of carbonyl (C=O) groups excluding carboxylic acids is 1. The number of amides is 1. The van der Waals surface area contributed by atoms with Crippen molar-refractivity contribution in [1.29, 1.82) is 0 Å². The van der Waals surface area contributed by atoms with Gasteiger partial charge in [0.15, 0.2) is 6.61 Å². The van der Waals surface area contributed by atoms with E-state index in [2.05, 4.69) is 42.4 Å². The predicted molar refractivity (Wildman–Crippen MR) is 101 cm³/mol. The Hall–Kier alpha value is -1.86. The van der Waals surface area contributed by atoms with Crippen LogP contribution in [0.25, 0.3) is 0 Å². The molecule has 24 heavy (non-hydrogen) atoms. The molecular weight excluding hydrogens is 440 g/mol. The number of halogens is 2. The normalized spacial score (nSPS) is 10.6. The number of carbonyl (C=O) groups is 1. The van der Waals surface area contributed by atoms with E-state index in [4.69, 9.17) is 9.47 Å². The molecule has 2 rings (SSSR count). The van der Waals surface area contributed by atoms with Gasteiger partial charge in [-0.2, -0.15) is 5.10 Å². The van der Waals surface area contributed by atoms with Crippen LogP contribution in [0.2, 0.25) is 0 Å². The number of benzene rings is 2. The summed E-state index contributed by atoms with van der Waals surface area (Å²) in [5.41, 5.74) is 3.28. The molecular formula is C17H16Br2N2O3. The van der Waals surface area contributed by atoms with E-state index in [-0.39, 0.29) is 12.5 Å². The monoisotopic (exact) mass is 454 g/mol. The smallest absolute Gasteiger partial charge is 0.277 e. The first kappa shape index (κ1) is 18.5. The number of hydrogen-bond acceptors (Lipinski definition) is 4. The molecule has 0 heterocycles. The quantitative estimate of drug-likeness (QED) is 0.504. The van der Waals surface area contributed by atoms with E-state index < -0.39 is 0 Å². The molecule has 0 aromatic heterocycles. The molecule has 0 saturated heterocycles. The molecule has 5 nitrogen and oxygen atoms in total. The highest BCUT2D eigenvalue weighted by molar-refractivity contribution is 9.11. The zero-order valence-corrected chi connectivity index (χ0v) is 16.1. The molecule has 0 radical (unpaired) electrons. The molecule has 0 fully saturated rings. The van der Waals surface area contributed by atoms with Gasteiger partial charge in [-0.15, -0.1) is 0 Å². The van der Waals surface area contributed by atoms with E-state index in [1.54, 1.807) is 12.3 Å². The largest absolute Gasteiger partial charge is 0.494 e. The minimum Gasteiger partial charge on any atom is -0.494 e. The third-order valence-electron chi connectivity index (χ3n) is 2.85. The second kappa shape index (κ2) is 9.44. The molecule has 2 aromatic rings. The Morgan fingerprint density at radius 3 is 2.58 bits per heavy atom. The van der Waals surface area contributed by atoms with Gasteiger partial charge < -0.3 is 9.47 Å². The minimum atomic E-state index is -0.341. The number of nitrogens with one attached hydrogen (secondary N) is 1. The molecule has 126 valence electrons. The molecule has 0 aliphatic carbocycles. The second-order valence-corrected chi connectivity index (χ2v) is 6.43. The average Bonchev–Trinajstić information content (AvgIpc) is 2.56. The molecule has 0 aliphatic rings. The van der Waals surface area contributed by atoms with Gasteiger partial charge in [-0.1, -0.05) is 15.9 Å². The van der Waals surface area contributed by atoms with Crippen LogP contribution in [-0.4, -0.2) is 25.3 Å². The zero-order chi connectivity index (χ0) is 17.4. The van der Waals surface area contributed by atoms with E-state index in [9.17, 15) is 4.79 Å². The highest BCUT2D eigenvalue weighted by atomic mass is 79.9. The molecule has 0 spiro atoms. The van der Waals surface area contributed by atoms with Crippen molar-refractivity contribution in [1.82, 2.24) is 5.43 Å². The van der Waals surface area contributed by atoms with Crippen LogP contribution < -0.4 is 14.9 Å². The van der Waals surface area contributed by atoms with Crippen molar-refractivity contribution < 1.29 is 14.3 Å². The summed E-state index contributed by atoms with van der Waals surface area (Å²) in [6.07, 6.45) is 1.56. The van der Waals surface area contributed by atoms with Gasteiger partial charge in [0.1, 0.15) is 11.5 Å². The maximum Gasteiger partial charge on any atom is 0.277 e. The van der Waals surface area contributed by atoms with Gasteiger partial charge in [0.25, 0.3) is 5.91 Å². The second-order valence-electron chi connectivity index (χ2n) is 4.66. The maximum absolute atomic E-state index is 11.7. The van der Waals surface area contributed by atoms with Crippen molar-refractivity contribution in [2.24, 2.45) is 5.10 Å². The fourth-order valence-electron chi connectivity index (χ4n) is 1.76. The van der Waals surface area contributed by atoms with Crippen molar-refractivity contribution >= 4 is 44.0 Å². The van der Waals surface area contributed by atoms with Crippen LogP contribution in [0.15, 0.2) is 56.5 Å². The number of nitrogens with zero attached hydrogens (tertiary/aromatic N) is 1. The number of ether oxygens (including phenoxy) is 2. The summed E-state index contributed by atoms with van der Waals surface area (Å²) in [6.45, 7) is 2.43. The zero-order valence-electron chi connectivity index (χ0n) is 13.0. The fraction of sp³-hybridized carbons (Fsp3) is 0.176. The minimum absolute atomic E-state index is 0.124. The van der Waals surface area contributed by atoms with Crippen LogP contribution in [0, 0.1) is 0 Å². The SMILES string of the molecule is CCOc1ccc(/C=N/NC(=O)COc2ccc(Br)cc2Br)cc1. The summed E-state index contributed by atoms with van der Waals surface area (Å²) in [5.74, 6) is 1.04. The predicted octanol–water partition coefficient (Wildman–Crippen LogP) is 4.14. The lowest BCUT2D eigenvalue weighted by molar-refractivity contribution is -0.123. The molecule has 0 unspecified atom stereocenters. The van der Waals surface area contributed by atoms with Crippen LogP contribution in [0.1, 0.15) is 12.5 Å². The van der Waals surface area contributed by atoms with E-state index in [1.165, 1.54) is 0 Å². The summed E-state index contributed by atoms with van der Waals surface area (Å²) in [4.78, 5) is 11.7. The van der Waals surface area contributed by atoms with Gasteiger partial charge in [-0.05, 0) is 70.9 Å². The van der Waals surface area contributed by atoms with E-state index in [1.807, 2.05) is 43.3 Å². The first-order valence-corrected chi connectivity index (χ1v) is 8.79.